The highest BCUT2D eigenvalue weighted by Gasteiger charge is 2.37. The average molecular weight is 786 g/mol. The van der Waals surface area contributed by atoms with Crippen LogP contribution in [0.2, 0.25) is 5.02 Å². The number of likely N-dealkylation sites (N-methyl/N-ethyl adjacent to an activating group) is 1. The van der Waals surface area contributed by atoms with Crippen LogP contribution in [0.3, 0.4) is 0 Å². The van der Waals surface area contributed by atoms with Crippen molar-refractivity contribution in [2.24, 2.45) is 4.99 Å². The van der Waals surface area contributed by atoms with E-state index in [0.29, 0.717) is 45.5 Å². The Morgan fingerprint density at radius 2 is 1.73 bits per heavy atom. The van der Waals surface area contributed by atoms with E-state index < -0.39 is 23.9 Å². The molecule has 5 amide bonds. The number of hydrogen-bond acceptors (Lipinski definition) is 10. The highest BCUT2D eigenvalue weighted by atomic mass is 35.5. The zero-order valence-electron chi connectivity index (χ0n) is 30.7. The zero-order chi connectivity index (χ0) is 39.4. The summed E-state index contributed by atoms with van der Waals surface area (Å²) in [4.78, 5) is 83.2. The van der Waals surface area contributed by atoms with Crippen LogP contribution in [0.5, 0.6) is 0 Å². The van der Waals surface area contributed by atoms with Gasteiger partial charge in [-0.05, 0) is 63.4 Å². The lowest BCUT2D eigenvalue weighted by atomic mass is 9.99. The molecule has 4 heterocycles. The van der Waals surface area contributed by atoms with Crippen LogP contribution in [-0.4, -0.2) is 74.3 Å². The smallest absolute Gasteiger partial charge is 0.255 e. The second kappa shape index (κ2) is 16.7. The van der Waals surface area contributed by atoms with E-state index in [4.69, 9.17) is 16.6 Å². The van der Waals surface area contributed by atoms with Gasteiger partial charge in [0.1, 0.15) is 29.2 Å². The number of thiophene rings is 1. The molecule has 2 aromatic heterocycles. The number of halogens is 1. The molecule has 0 fully saturated rings. The average Bonchev–Trinajstić information content (AvgIpc) is 3.78. The van der Waals surface area contributed by atoms with Crippen LogP contribution in [0.25, 0.3) is 5.00 Å². The standard InChI is InChI=1S/C38H40ClN9O6S/c1-20-21(2)55-38-33(20)34(23-13-15-24(39)16-14-23)42-28(35-46-43-22(3)48(35)38)18-32(52)45-44-31(51)12-6-11-30(50)41-27-9-5-8-25-26(27)19-47(37(25)54)29(10-7-17-49)36(53)40-4/h5,8-9,13-17,28-29H,6-7,10-12,18-19H2,1-4H3,(H,40,53)(H,41,50)(H,44,51)(H,45,52)/t28-,29?/m0/s1. The molecule has 1 unspecified atom stereocenters. The molecule has 0 spiro atoms. The number of carbonyl (C=O) groups excluding carboxylic acids is 6. The Balaban J connectivity index is 1.05. The van der Waals surface area contributed by atoms with Crippen molar-refractivity contribution in [2.75, 3.05) is 12.4 Å². The lowest BCUT2D eigenvalue weighted by molar-refractivity contribution is -0.129. The summed E-state index contributed by atoms with van der Waals surface area (Å²) in [6, 6.07) is 10.7. The number of nitrogens with zero attached hydrogens (tertiary/aromatic N) is 5. The molecular weight excluding hydrogens is 746 g/mol. The Kier molecular flexibility index (Phi) is 11.9. The highest BCUT2D eigenvalue weighted by molar-refractivity contribution is 7.15. The van der Waals surface area contributed by atoms with Gasteiger partial charge in [-0.25, -0.2) is 0 Å². The van der Waals surface area contributed by atoms with Crippen molar-refractivity contribution in [2.45, 2.75) is 77.9 Å². The van der Waals surface area contributed by atoms with Gasteiger partial charge in [0.05, 0.1) is 12.1 Å². The summed E-state index contributed by atoms with van der Waals surface area (Å²) in [5.41, 5.74) is 9.77. The molecule has 2 aliphatic heterocycles. The van der Waals surface area contributed by atoms with Gasteiger partial charge >= 0.3 is 0 Å². The molecular formula is C38H40ClN9O6S. The predicted molar refractivity (Wildman–Crippen MR) is 206 cm³/mol. The van der Waals surface area contributed by atoms with Gasteiger partial charge in [-0.2, -0.15) is 0 Å². The van der Waals surface area contributed by atoms with Crippen molar-refractivity contribution in [3.63, 3.8) is 0 Å². The summed E-state index contributed by atoms with van der Waals surface area (Å²) in [6.07, 6.45) is 0.972. The van der Waals surface area contributed by atoms with E-state index >= 15 is 0 Å². The quantitative estimate of drug-likeness (QED) is 0.114. The number of amides is 5. The molecule has 6 rings (SSSR count). The van der Waals surface area contributed by atoms with Crippen LogP contribution >= 0.6 is 22.9 Å². The molecule has 4 aromatic rings. The Morgan fingerprint density at radius 1 is 1.00 bits per heavy atom. The first kappa shape index (κ1) is 39.0. The zero-order valence-corrected chi connectivity index (χ0v) is 32.3. The number of aryl methyl sites for hydroxylation is 2. The van der Waals surface area contributed by atoms with Crippen molar-refractivity contribution < 1.29 is 28.8 Å². The maximum atomic E-state index is 13.2. The van der Waals surface area contributed by atoms with Gasteiger partial charge in [0.25, 0.3) is 5.91 Å². The van der Waals surface area contributed by atoms with Crippen LogP contribution in [-0.2, 0) is 30.5 Å². The Morgan fingerprint density at radius 3 is 2.45 bits per heavy atom. The van der Waals surface area contributed by atoms with Gasteiger partial charge < -0.3 is 20.3 Å². The number of aldehydes is 1. The third kappa shape index (κ3) is 8.19. The molecule has 0 radical (unpaired) electrons. The minimum Gasteiger partial charge on any atom is -0.357 e. The van der Waals surface area contributed by atoms with Gasteiger partial charge in [-0.1, -0.05) is 29.8 Å². The van der Waals surface area contributed by atoms with Crippen LogP contribution in [0, 0.1) is 20.8 Å². The molecule has 0 bridgehead atoms. The maximum Gasteiger partial charge on any atom is 0.255 e. The molecule has 286 valence electrons. The van der Waals surface area contributed by atoms with Crippen LogP contribution in [0.4, 0.5) is 5.69 Å². The summed E-state index contributed by atoms with van der Waals surface area (Å²) in [5.74, 6) is -0.950. The van der Waals surface area contributed by atoms with E-state index in [1.54, 1.807) is 41.7 Å². The van der Waals surface area contributed by atoms with Crippen molar-refractivity contribution in [3.8, 4) is 5.00 Å². The minimum absolute atomic E-state index is 0.00875. The number of fused-ring (bicyclic) bond motifs is 4. The number of hydrogen-bond donors (Lipinski definition) is 4. The Hall–Kier alpha value is -5.74. The second-order valence-electron chi connectivity index (χ2n) is 13.2. The third-order valence-electron chi connectivity index (χ3n) is 9.64. The molecule has 0 saturated carbocycles. The third-order valence-corrected chi connectivity index (χ3v) is 11.1. The normalized spacial score (nSPS) is 14.9. The molecule has 15 nitrogen and oxygen atoms in total. The fourth-order valence-electron chi connectivity index (χ4n) is 6.73. The summed E-state index contributed by atoms with van der Waals surface area (Å²) >= 11 is 7.79. The summed E-state index contributed by atoms with van der Waals surface area (Å²) < 4.78 is 1.93. The Labute approximate surface area is 325 Å². The molecule has 2 aromatic carbocycles. The number of rotatable bonds is 13. The topological polar surface area (TPSA) is 197 Å². The molecule has 17 heteroatoms. The summed E-state index contributed by atoms with van der Waals surface area (Å²) in [5, 5.41) is 15.6. The monoisotopic (exact) mass is 785 g/mol. The van der Waals surface area contributed by atoms with Crippen LogP contribution in [0.1, 0.15) is 93.7 Å². The summed E-state index contributed by atoms with van der Waals surface area (Å²) in [6.45, 7) is 6.02. The van der Waals surface area contributed by atoms with Crippen molar-refractivity contribution in [3.05, 3.63) is 91.8 Å². The van der Waals surface area contributed by atoms with Crippen molar-refractivity contribution in [1.29, 1.82) is 0 Å². The number of benzene rings is 2. The highest BCUT2D eigenvalue weighted by Crippen LogP contribution is 2.39. The van der Waals surface area contributed by atoms with Crippen molar-refractivity contribution in [1.82, 2.24) is 35.8 Å². The van der Waals surface area contributed by atoms with E-state index in [1.165, 1.54) is 11.9 Å². The number of hydrazine groups is 1. The second-order valence-corrected chi connectivity index (χ2v) is 14.9. The van der Waals surface area contributed by atoms with Crippen LogP contribution < -0.4 is 21.5 Å². The van der Waals surface area contributed by atoms with Gasteiger partial charge in [-0.15, -0.1) is 21.5 Å². The first-order chi connectivity index (χ1) is 26.4. The molecule has 2 aliphatic rings. The van der Waals surface area contributed by atoms with Gasteiger partial charge in [-0.3, -0.25) is 44.4 Å². The van der Waals surface area contributed by atoms with Crippen LogP contribution in [0.15, 0.2) is 47.5 Å². The van der Waals surface area contributed by atoms with Gasteiger partial charge in [0.15, 0.2) is 5.82 Å². The van der Waals surface area contributed by atoms with E-state index in [0.717, 1.165) is 26.6 Å². The SMILES string of the molecule is CNC(=O)C(CCC=O)N1Cc2c(NC(=O)CCCC(=O)NNC(=O)C[C@@H]3N=C(c4ccc(Cl)cc4)c4c(sc(C)c4C)-n4c(C)nnc43)cccc2C1=O. The predicted octanol–water partition coefficient (Wildman–Crippen LogP) is 4.20. The number of anilines is 1. The van der Waals surface area contributed by atoms with E-state index in [-0.39, 0.29) is 62.8 Å². The van der Waals surface area contributed by atoms with E-state index in [9.17, 15) is 28.8 Å². The molecule has 0 aliphatic carbocycles. The fraction of sp³-hybridized carbons (Fsp3) is 0.342. The largest absolute Gasteiger partial charge is 0.357 e. The van der Waals surface area contributed by atoms with Gasteiger partial charge in [0, 0.05) is 70.7 Å². The summed E-state index contributed by atoms with van der Waals surface area (Å²) in [7, 11) is 1.46. The first-order valence-electron chi connectivity index (χ1n) is 17.7. The number of aliphatic imine (C=N–C) groups is 1. The maximum absolute atomic E-state index is 13.2. The molecule has 0 saturated heterocycles. The van der Waals surface area contributed by atoms with E-state index in [2.05, 4.69) is 31.7 Å². The fourth-order valence-corrected chi connectivity index (χ4v) is 8.07. The molecule has 55 heavy (non-hydrogen) atoms. The lowest BCUT2D eigenvalue weighted by Crippen LogP contribution is -2.46. The lowest BCUT2D eigenvalue weighted by Gasteiger charge is -2.25. The number of nitrogens with one attached hydrogen (secondary N) is 4. The van der Waals surface area contributed by atoms with E-state index in [1.807, 2.05) is 37.5 Å². The number of aromatic nitrogens is 3. The van der Waals surface area contributed by atoms with Crippen molar-refractivity contribution >= 4 is 70.2 Å². The molecule has 4 N–H and O–H groups in total. The Bertz CT molecular complexity index is 2210. The first-order valence-corrected chi connectivity index (χ1v) is 18.9. The minimum atomic E-state index is -0.837. The molecule has 2 atom stereocenters. The number of carbonyl (C=O) groups is 6. The van der Waals surface area contributed by atoms with Gasteiger partial charge in [0.2, 0.25) is 23.6 Å².